The van der Waals surface area contributed by atoms with Crippen molar-refractivity contribution in [3.05, 3.63) is 24.4 Å². The molecule has 2 aromatic rings. The molecule has 0 radical (unpaired) electrons. The second-order valence-electron chi connectivity index (χ2n) is 3.59. The number of benzene rings is 1. The Morgan fingerprint density at radius 2 is 2.27 bits per heavy atom. The van der Waals surface area contributed by atoms with Crippen LogP contribution in [0.15, 0.2) is 24.4 Å². The first-order valence-electron chi connectivity index (χ1n) is 5.27. The molecule has 1 aromatic heterocycles. The van der Waals surface area contributed by atoms with Gasteiger partial charge in [-0.25, -0.2) is 0 Å². The predicted molar refractivity (Wildman–Crippen MR) is 62.9 cm³/mol. The van der Waals surface area contributed by atoms with Gasteiger partial charge in [0.05, 0.1) is 11.7 Å². The summed E-state index contributed by atoms with van der Waals surface area (Å²) in [5, 5.41) is 11.4. The first-order valence-corrected chi connectivity index (χ1v) is 5.27. The van der Waals surface area contributed by atoms with Gasteiger partial charge in [0, 0.05) is 17.6 Å². The van der Waals surface area contributed by atoms with Gasteiger partial charge in [-0.05, 0) is 37.6 Å². The largest absolute Gasteiger partial charge is 0.385 e. The second kappa shape index (κ2) is 4.79. The average Bonchev–Trinajstić information content (AvgIpc) is 2.71. The highest BCUT2D eigenvalue weighted by atomic mass is 15.1. The van der Waals surface area contributed by atoms with Crippen molar-refractivity contribution >= 4 is 16.6 Å². The van der Waals surface area contributed by atoms with Crippen molar-refractivity contribution in [3.8, 4) is 0 Å². The molecule has 1 aromatic carbocycles. The Morgan fingerprint density at radius 1 is 1.33 bits per heavy atom. The zero-order valence-electron chi connectivity index (χ0n) is 8.66. The number of hydrogen-bond donors (Lipinski definition) is 3. The van der Waals surface area contributed by atoms with Gasteiger partial charge >= 0.3 is 0 Å². The zero-order chi connectivity index (χ0) is 10.5. The van der Waals surface area contributed by atoms with Gasteiger partial charge in [-0.1, -0.05) is 0 Å². The number of aromatic amines is 1. The number of rotatable bonds is 5. The van der Waals surface area contributed by atoms with E-state index in [1.165, 1.54) is 0 Å². The van der Waals surface area contributed by atoms with Crippen LogP contribution in [0, 0.1) is 0 Å². The van der Waals surface area contributed by atoms with Gasteiger partial charge in [0.25, 0.3) is 0 Å². The van der Waals surface area contributed by atoms with Crippen LogP contribution < -0.4 is 11.1 Å². The minimum atomic E-state index is 0.765. The maximum atomic E-state index is 5.43. The molecule has 4 nitrogen and oxygen atoms in total. The summed E-state index contributed by atoms with van der Waals surface area (Å²) in [7, 11) is 0. The third kappa shape index (κ3) is 2.47. The van der Waals surface area contributed by atoms with E-state index in [4.69, 9.17) is 5.73 Å². The number of nitrogens with two attached hydrogens (primary N) is 1. The van der Waals surface area contributed by atoms with Gasteiger partial charge in [-0.15, -0.1) is 0 Å². The Labute approximate surface area is 88.9 Å². The third-order valence-corrected chi connectivity index (χ3v) is 2.40. The van der Waals surface area contributed by atoms with Gasteiger partial charge in [-0.3, -0.25) is 5.10 Å². The molecule has 4 heteroatoms. The lowest BCUT2D eigenvalue weighted by Gasteiger charge is -2.05. The first kappa shape index (κ1) is 9.98. The summed E-state index contributed by atoms with van der Waals surface area (Å²) < 4.78 is 0. The van der Waals surface area contributed by atoms with E-state index < -0.39 is 0 Å². The molecule has 0 aliphatic rings. The monoisotopic (exact) mass is 204 g/mol. The number of hydrogen-bond acceptors (Lipinski definition) is 3. The minimum Gasteiger partial charge on any atom is -0.385 e. The molecule has 0 aliphatic carbocycles. The van der Waals surface area contributed by atoms with Crippen LogP contribution in [0.1, 0.15) is 12.8 Å². The second-order valence-corrected chi connectivity index (χ2v) is 3.59. The summed E-state index contributed by atoms with van der Waals surface area (Å²) in [6.07, 6.45) is 4.00. The number of nitrogens with one attached hydrogen (secondary N) is 2. The Morgan fingerprint density at radius 3 is 3.13 bits per heavy atom. The van der Waals surface area contributed by atoms with E-state index in [1.807, 2.05) is 6.20 Å². The molecule has 0 fully saturated rings. The van der Waals surface area contributed by atoms with Crippen LogP contribution in [-0.2, 0) is 0 Å². The fraction of sp³-hybridized carbons (Fsp3) is 0.364. The Bertz CT molecular complexity index is 421. The number of H-pyrrole nitrogens is 1. The molecule has 15 heavy (non-hydrogen) atoms. The maximum absolute atomic E-state index is 5.43. The van der Waals surface area contributed by atoms with E-state index in [2.05, 4.69) is 33.7 Å². The van der Waals surface area contributed by atoms with Crippen LogP contribution in [0.3, 0.4) is 0 Å². The van der Waals surface area contributed by atoms with Gasteiger partial charge in [0.15, 0.2) is 0 Å². The normalized spacial score (nSPS) is 10.7. The van der Waals surface area contributed by atoms with E-state index in [9.17, 15) is 0 Å². The molecule has 0 unspecified atom stereocenters. The van der Waals surface area contributed by atoms with Crippen LogP contribution in [0.4, 0.5) is 5.69 Å². The lowest BCUT2D eigenvalue weighted by Crippen LogP contribution is -2.05. The van der Waals surface area contributed by atoms with Gasteiger partial charge in [-0.2, -0.15) is 5.10 Å². The summed E-state index contributed by atoms with van der Waals surface area (Å²) >= 11 is 0. The zero-order valence-corrected chi connectivity index (χ0v) is 8.66. The highest BCUT2D eigenvalue weighted by Crippen LogP contribution is 2.16. The lowest BCUT2D eigenvalue weighted by atomic mass is 10.2. The molecule has 0 atom stereocenters. The molecule has 80 valence electrons. The van der Waals surface area contributed by atoms with Crippen molar-refractivity contribution in [2.45, 2.75) is 12.8 Å². The molecule has 1 heterocycles. The van der Waals surface area contributed by atoms with Crippen LogP contribution in [0.25, 0.3) is 10.9 Å². The predicted octanol–water partition coefficient (Wildman–Crippen LogP) is 1.71. The number of nitrogens with zero attached hydrogens (tertiary/aromatic N) is 1. The topological polar surface area (TPSA) is 66.7 Å². The van der Waals surface area contributed by atoms with Gasteiger partial charge < -0.3 is 11.1 Å². The minimum absolute atomic E-state index is 0.765. The molecule has 0 saturated carbocycles. The summed E-state index contributed by atoms with van der Waals surface area (Å²) in [4.78, 5) is 0. The summed E-state index contributed by atoms with van der Waals surface area (Å²) in [5.74, 6) is 0. The van der Waals surface area contributed by atoms with Crippen molar-refractivity contribution in [2.24, 2.45) is 5.73 Å². The van der Waals surface area contributed by atoms with Crippen LogP contribution in [-0.4, -0.2) is 23.3 Å². The Hall–Kier alpha value is -1.55. The Balaban J connectivity index is 1.96. The summed E-state index contributed by atoms with van der Waals surface area (Å²) in [6.45, 7) is 1.73. The van der Waals surface area contributed by atoms with Gasteiger partial charge in [0.2, 0.25) is 0 Å². The molecule has 4 N–H and O–H groups in total. The average molecular weight is 204 g/mol. The fourth-order valence-corrected chi connectivity index (χ4v) is 1.55. The maximum Gasteiger partial charge on any atom is 0.0670 e. The molecule has 0 aliphatic heterocycles. The number of aromatic nitrogens is 2. The number of fused-ring (bicyclic) bond motifs is 1. The van der Waals surface area contributed by atoms with E-state index >= 15 is 0 Å². The van der Waals surface area contributed by atoms with Crippen LogP contribution in [0.5, 0.6) is 0 Å². The van der Waals surface area contributed by atoms with E-state index in [0.717, 1.165) is 42.5 Å². The van der Waals surface area contributed by atoms with Crippen molar-refractivity contribution in [3.63, 3.8) is 0 Å². The molecule has 0 amide bonds. The fourth-order valence-electron chi connectivity index (χ4n) is 1.55. The molecule has 2 rings (SSSR count). The van der Waals surface area contributed by atoms with Crippen LogP contribution in [0.2, 0.25) is 0 Å². The lowest BCUT2D eigenvalue weighted by molar-refractivity contribution is 0.774. The molecule has 0 saturated heterocycles. The molecular weight excluding hydrogens is 188 g/mol. The molecule has 0 spiro atoms. The highest BCUT2D eigenvalue weighted by Gasteiger charge is 1.96. The SMILES string of the molecule is NCCCCNc1ccc2cn[nH]c2c1. The van der Waals surface area contributed by atoms with Crippen LogP contribution >= 0.6 is 0 Å². The van der Waals surface area contributed by atoms with E-state index in [1.54, 1.807) is 0 Å². The summed E-state index contributed by atoms with van der Waals surface area (Å²) in [6, 6.07) is 6.20. The first-order chi connectivity index (χ1) is 7.40. The van der Waals surface area contributed by atoms with Crippen molar-refractivity contribution in [2.75, 3.05) is 18.4 Å². The molecule has 0 bridgehead atoms. The van der Waals surface area contributed by atoms with E-state index in [-0.39, 0.29) is 0 Å². The smallest absolute Gasteiger partial charge is 0.0670 e. The van der Waals surface area contributed by atoms with Crippen molar-refractivity contribution in [1.82, 2.24) is 10.2 Å². The summed E-state index contributed by atoms with van der Waals surface area (Å²) in [5.41, 5.74) is 7.62. The van der Waals surface area contributed by atoms with Crippen molar-refractivity contribution in [1.29, 1.82) is 0 Å². The quantitative estimate of drug-likeness (QED) is 0.649. The number of unbranched alkanes of at least 4 members (excludes halogenated alkanes) is 1. The molecular formula is C11H16N4. The van der Waals surface area contributed by atoms with E-state index in [0.29, 0.717) is 0 Å². The standard InChI is InChI=1S/C11H16N4/c12-5-1-2-6-13-10-4-3-9-8-14-15-11(9)7-10/h3-4,7-8,13H,1-2,5-6,12H2,(H,14,15). The van der Waals surface area contributed by atoms with Gasteiger partial charge in [0.1, 0.15) is 0 Å². The third-order valence-electron chi connectivity index (χ3n) is 2.40. The Kier molecular flexibility index (Phi) is 3.19. The highest BCUT2D eigenvalue weighted by molar-refractivity contribution is 5.81. The number of anilines is 1. The van der Waals surface area contributed by atoms with Crippen molar-refractivity contribution < 1.29 is 0 Å².